The Bertz CT molecular complexity index is 630. The van der Waals surface area contributed by atoms with E-state index in [0.29, 0.717) is 28.1 Å². The fraction of sp³-hybridized carbons (Fsp3) is 0.143. The van der Waals surface area contributed by atoms with Crippen LogP contribution in [-0.4, -0.2) is 12.0 Å². The molecule has 104 valence electrons. The summed E-state index contributed by atoms with van der Waals surface area (Å²) in [6.45, 7) is 0. The smallest absolute Gasteiger partial charge is 0.273 e. The number of methoxy groups -OCH3 is 1. The molecule has 0 aromatic heterocycles. The number of hydrogen-bond donors (Lipinski definition) is 0. The molecule has 0 unspecified atom stereocenters. The highest BCUT2D eigenvalue weighted by atomic mass is 79.9. The highest BCUT2D eigenvalue weighted by Gasteiger charge is 2.13. The van der Waals surface area contributed by atoms with Crippen molar-refractivity contribution in [2.75, 3.05) is 7.11 Å². The van der Waals surface area contributed by atoms with Crippen molar-refractivity contribution in [3.05, 3.63) is 58.1 Å². The summed E-state index contributed by atoms with van der Waals surface area (Å²) in [5, 5.41) is 11.2. The first-order valence-corrected chi connectivity index (χ1v) is 6.91. The number of alkyl halides is 1. The molecule has 2 aromatic carbocycles. The SMILES string of the molecule is COc1cccc(Oc2ccc([N+](=O)[O-])c(CBr)c2)c1. The van der Waals surface area contributed by atoms with Gasteiger partial charge in [0.25, 0.3) is 5.69 Å². The van der Waals surface area contributed by atoms with Crippen LogP contribution in [0.3, 0.4) is 0 Å². The number of rotatable bonds is 5. The van der Waals surface area contributed by atoms with Crippen molar-refractivity contribution in [3.8, 4) is 17.2 Å². The second-order valence-electron chi connectivity index (χ2n) is 3.96. The van der Waals surface area contributed by atoms with Crippen LogP contribution in [0, 0.1) is 10.1 Å². The van der Waals surface area contributed by atoms with Crippen LogP contribution in [0.2, 0.25) is 0 Å². The van der Waals surface area contributed by atoms with Gasteiger partial charge in [-0.05, 0) is 24.3 Å². The molecule has 0 heterocycles. The quantitative estimate of drug-likeness (QED) is 0.463. The third kappa shape index (κ3) is 3.27. The number of ether oxygens (including phenoxy) is 2. The first-order valence-electron chi connectivity index (χ1n) is 5.79. The van der Waals surface area contributed by atoms with Crippen molar-refractivity contribution < 1.29 is 14.4 Å². The Hall–Kier alpha value is -2.08. The van der Waals surface area contributed by atoms with Gasteiger partial charge in [0.05, 0.1) is 12.0 Å². The zero-order valence-corrected chi connectivity index (χ0v) is 12.3. The fourth-order valence-electron chi connectivity index (χ4n) is 1.71. The minimum Gasteiger partial charge on any atom is -0.497 e. The zero-order valence-electron chi connectivity index (χ0n) is 10.7. The van der Waals surface area contributed by atoms with Gasteiger partial charge in [0, 0.05) is 23.0 Å². The molecule has 2 rings (SSSR count). The number of benzene rings is 2. The lowest BCUT2D eigenvalue weighted by molar-refractivity contribution is -0.385. The van der Waals surface area contributed by atoms with Gasteiger partial charge in [0.15, 0.2) is 0 Å². The van der Waals surface area contributed by atoms with E-state index < -0.39 is 4.92 Å². The predicted molar refractivity (Wildman–Crippen MR) is 78.8 cm³/mol. The lowest BCUT2D eigenvalue weighted by Gasteiger charge is -2.08. The van der Waals surface area contributed by atoms with Crippen molar-refractivity contribution in [3.63, 3.8) is 0 Å². The summed E-state index contributed by atoms with van der Waals surface area (Å²) in [4.78, 5) is 10.5. The van der Waals surface area contributed by atoms with E-state index in [0.717, 1.165) is 0 Å². The molecule has 0 amide bonds. The number of nitro groups is 1. The number of nitrogens with zero attached hydrogens (tertiary/aromatic N) is 1. The van der Waals surface area contributed by atoms with Crippen molar-refractivity contribution >= 4 is 21.6 Å². The Labute approximate surface area is 124 Å². The van der Waals surface area contributed by atoms with E-state index in [2.05, 4.69) is 15.9 Å². The minimum absolute atomic E-state index is 0.0693. The first kappa shape index (κ1) is 14.3. The summed E-state index contributed by atoms with van der Waals surface area (Å²) in [5.74, 6) is 1.84. The fourth-order valence-corrected chi connectivity index (χ4v) is 2.16. The molecule has 0 aliphatic carbocycles. The Balaban J connectivity index is 2.27. The Morgan fingerprint density at radius 3 is 2.50 bits per heavy atom. The molecule has 0 N–H and O–H groups in total. The summed E-state index contributed by atoms with van der Waals surface area (Å²) in [6, 6.07) is 11.8. The van der Waals surface area contributed by atoms with E-state index >= 15 is 0 Å². The maximum absolute atomic E-state index is 10.9. The highest BCUT2D eigenvalue weighted by molar-refractivity contribution is 9.08. The molecular weight excluding hydrogens is 326 g/mol. The molecule has 0 aliphatic rings. The van der Waals surface area contributed by atoms with Gasteiger partial charge in [-0.3, -0.25) is 10.1 Å². The second-order valence-corrected chi connectivity index (χ2v) is 4.52. The summed E-state index contributed by atoms with van der Waals surface area (Å²) >= 11 is 3.24. The Morgan fingerprint density at radius 1 is 1.15 bits per heavy atom. The standard InChI is InChI=1S/C14H12BrNO4/c1-19-11-3-2-4-12(8-11)20-13-5-6-14(16(17)18)10(7-13)9-15/h2-8H,9H2,1H3. The molecule has 0 atom stereocenters. The third-order valence-corrected chi connectivity index (χ3v) is 3.27. The first-order chi connectivity index (χ1) is 9.63. The molecule has 6 heteroatoms. The molecule has 0 spiro atoms. The van der Waals surface area contributed by atoms with E-state index in [-0.39, 0.29) is 5.69 Å². The van der Waals surface area contributed by atoms with Crippen LogP contribution in [0.4, 0.5) is 5.69 Å². The average Bonchev–Trinajstić information content (AvgIpc) is 2.47. The van der Waals surface area contributed by atoms with Gasteiger partial charge in [-0.1, -0.05) is 22.0 Å². The lowest BCUT2D eigenvalue weighted by atomic mass is 10.2. The monoisotopic (exact) mass is 337 g/mol. The number of hydrogen-bond acceptors (Lipinski definition) is 4. The van der Waals surface area contributed by atoms with E-state index in [1.54, 1.807) is 31.4 Å². The molecule has 5 nitrogen and oxygen atoms in total. The molecule has 2 aromatic rings. The molecular formula is C14H12BrNO4. The summed E-state index contributed by atoms with van der Waals surface area (Å²) in [5.41, 5.74) is 0.635. The van der Waals surface area contributed by atoms with Crippen LogP contribution in [0.15, 0.2) is 42.5 Å². The highest BCUT2D eigenvalue weighted by Crippen LogP contribution is 2.30. The number of nitro benzene ring substituents is 1. The van der Waals surface area contributed by atoms with Gasteiger partial charge in [-0.15, -0.1) is 0 Å². The molecule has 0 radical (unpaired) electrons. The van der Waals surface area contributed by atoms with E-state index in [1.807, 2.05) is 12.1 Å². The summed E-state index contributed by atoms with van der Waals surface area (Å²) in [7, 11) is 1.58. The summed E-state index contributed by atoms with van der Waals surface area (Å²) < 4.78 is 10.8. The lowest BCUT2D eigenvalue weighted by Crippen LogP contribution is -1.94. The van der Waals surface area contributed by atoms with Crippen LogP contribution < -0.4 is 9.47 Å². The topological polar surface area (TPSA) is 61.6 Å². The van der Waals surface area contributed by atoms with Gasteiger partial charge >= 0.3 is 0 Å². The Morgan fingerprint density at radius 2 is 1.85 bits per heavy atom. The molecule has 20 heavy (non-hydrogen) atoms. The van der Waals surface area contributed by atoms with Crippen molar-refractivity contribution in [2.45, 2.75) is 5.33 Å². The predicted octanol–water partition coefficient (Wildman–Crippen LogP) is 4.29. The molecule has 0 saturated carbocycles. The molecule has 0 fully saturated rings. The van der Waals surface area contributed by atoms with Gasteiger partial charge in [0.2, 0.25) is 0 Å². The van der Waals surface area contributed by atoms with Crippen LogP contribution in [-0.2, 0) is 5.33 Å². The van der Waals surface area contributed by atoms with Crippen molar-refractivity contribution in [2.24, 2.45) is 0 Å². The van der Waals surface area contributed by atoms with Gasteiger partial charge in [0.1, 0.15) is 17.2 Å². The summed E-state index contributed by atoms with van der Waals surface area (Å²) in [6.07, 6.45) is 0. The number of halogens is 1. The third-order valence-electron chi connectivity index (χ3n) is 2.67. The maximum Gasteiger partial charge on any atom is 0.273 e. The van der Waals surface area contributed by atoms with Gasteiger partial charge < -0.3 is 9.47 Å². The molecule has 0 saturated heterocycles. The van der Waals surface area contributed by atoms with E-state index in [1.165, 1.54) is 6.07 Å². The second kappa shape index (κ2) is 6.38. The maximum atomic E-state index is 10.9. The normalized spacial score (nSPS) is 10.1. The van der Waals surface area contributed by atoms with Gasteiger partial charge in [-0.2, -0.15) is 0 Å². The minimum atomic E-state index is -0.411. The Kier molecular flexibility index (Phi) is 4.57. The van der Waals surface area contributed by atoms with E-state index in [9.17, 15) is 10.1 Å². The molecule has 0 aliphatic heterocycles. The average molecular weight is 338 g/mol. The van der Waals surface area contributed by atoms with Crippen LogP contribution in [0.5, 0.6) is 17.2 Å². The van der Waals surface area contributed by atoms with Crippen LogP contribution >= 0.6 is 15.9 Å². The van der Waals surface area contributed by atoms with Crippen LogP contribution in [0.25, 0.3) is 0 Å². The van der Waals surface area contributed by atoms with Gasteiger partial charge in [-0.25, -0.2) is 0 Å². The zero-order chi connectivity index (χ0) is 14.5. The van der Waals surface area contributed by atoms with Crippen molar-refractivity contribution in [1.82, 2.24) is 0 Å². The molecule has 0 bridgehead atoms. The van der Waals surface area contributed by atoms with E-state index in [4.69, 9.17) is 9.47 Å². The van der Waals surface area contributed by atoms with Crippen LogP contribution in [0.1, 0.15) is 5.56 Å². The van der Waals surface area contributed by atoms with Crippen molar-refractivity contribution in [1.29, 1.82) is 0 Å². The largest absolute Gasteiger partial charge is 0.497 e.